The average molecular weight is 360 g/mol. The van der Waals surface area contributed by atoms with Gasteiger partial charge in [0.15, 0.2) is 5.56 Å². The molecule has 0 bridgehead atoms. The normalized spacial score (nSPS) is 13.8. The molecular weight excluding hydrogens is 357 g/mol. The van der Waals surface area contributed by atoms with Crippen molar-refractivity contribution in [3.8, 4) is 0 Å². The van der Waals surface area contributed by atoms with Crippen LogP contribution in [0.3, 0.4) is 0 Å². The maximum Gasteiger partial charge on any atom is 0.399 e. The molecule has 0 spiro atoms. The first-order valence-corrected chi connectivity index (χ1v) is 7.07. The lowest BCUT2D eigenvalue weighted by Gasteiger charge is -2.13. The minimum Gasteiger partial charge on any atom is -0.263 e. The molecule has 0 amide bonds. The minimum absolute atomic E-state index is 0.00203. The van der Waals surface area contributed by atoms with Gasteiger partial charge in [0.05, 0.1) is 20.1 Å². The highest BCUT2D eigenvalue weighted by Crippen LogP contribution is 2.42. The molecule has 1 aromatic carbocycles. The third kappa shape index (κ3) is 4.01. The van der Waals surface area contributed by atoms with E-state index in [9.17, 15) is 8.42 Å². The molecule has 1 N–H and O–H groups in total. The number of hydrogen-bond donors (Lipinski definition) is 1. The van der Waals surface area contributed by atoms with Crippen molar-refractivity contribution in [2.45, 2.75) is 5.56 Å². The van der Waals surface area contributed by atoms with Crippen LogP contribution in [-0.2, 0) is 14.6 Å². The van der Waals surface area contributed by atoms with Crippen LogP contribution in [0.4, 0.5) is 0 Å². The Balaban J connectivity index is 3.24. The third-order valence-corrected chi connectivity index (χ3v) is 4.21. The lowest BCUT2D eigenvalue weighted by Crippen LogP contribution is -2.07. The van der Waals surface area contributed by atoms with Gasteiger partial charge in [-0.15, -0.1) is 0 Å². The number of rotatable bonds is 3. The first kappa shape index (κ1) is 15.6. The topological polar surface area (TPSA) is 63.6 Å². The Kier molecular flexibility index (Phi) is 5.20. The van der Waals surface area contributed by atoms with Gasteiger partial charge in [-0.25, -0.2) is 4.18 Å². The molecule has 1 aromatic rings. The maximum atomic E-state index is 10.5. The molecule has 1 rings (SSSR count). The molecule has 17 heavy (non-hydrogen) atoms. The van der Waals surface area contributed by atoms with Crippen molar-refractivity contribution in [2.75, 3.05) is 0 Å². The van der Waals surface area contributed by atoms with Crippen molar-refractivity contribution in [1.82, 2.24) is 0 Å². The van der Waals surface area contributed by atoms with E-state index in [1.807, 2.05) is 0 Å². The number of benzene rings is 1. The smallest absolute Gasteiger partial charge is 0.263 e. The van der Waals surface area contributed by atoms with Gasteiger partial charge in [-0.2, -0.15) is 8.42 Å². The molecule has 10 heteroatoms. The zero-order chi connectivity index (χ0) is 13.4. The van der Waals surface area contributed by atoms with Crippen LogP contribution in [0.1, 0.15) is 11.1 Å². The highest BCUT2D eigenvalue weighted by Gasteiger charge is 2.23. The van der Waals surface area contributed by atoms with Crippen molar-refractivity contribution in [2.24, 2.45) is 0 Å². The van der Waals surface area contributed by atoms with E-state index in [4.69, 9.17) is 62.6 Å². The number of alkyl halides is 1. The standard InChI is InChI=1S/C7H3Cl5O4S/c8-3-1-2(4(9)6(11)5(3)10)7(12)16-17(13,14)15/h1,7H,(H,13,14,15). The summed E-state index contributed by atoms with van der Waals surface area (Å²) in [6, 6.07) is 1.18. The SMILES string of the molecule is O=S(=O)(O)OC(Cl)c1cc(Cl)c(Cl)c(Cl)c1Cl. The molecular formula is C7H3Cl5O4S. The molecule has 0 saturated carbocycles. The van der Waals surface area contributed by atoms with Crippen molar-refractivity contribution in [3.63, 3.8) is 0 Å². The molecule has 0 heterocycles. The summed E-state index contributed by atoms with van der Waals surface area (Å²) in [5, 5.41) is -0.205. The molecule has 0 aromatic heterocycles. The molecule has 96 valence electrons. The minimum atomic E-state index is -4.73. The van der Waals surface area contributed by atoms with Crippen LogP contribution in [0.25, 0.3) is 0 Å². The van der Waals surface area contributed by atoms with Crippen molar-refractivity contribution < 1.29 is 17.2 Å². The Morgan fingerprint density at radius 2 is 1.65 bits per heavy atom. The summed E-state index contributed by atoms with van der Waals surface area (Å²) < 4.78 is 33.5. The third-order valence-electron chi connectivity index (χ3n) is 1.58. The molecule has 0 fully saturated rings. The van der Waals surface area contributed by atoms with Gasteiger partial charge in [0.25, 0.3) is 0 Å². The largest absolute Gasteiger partial charge is 0.399 e. The number of halogens is 5. The van der Waals surface area contributed by atoms with Crippen LogP contribution >= 0.6 is 58.0 Å². The molecule has 4 nitrogen and oxygen atoms in total. The van der Waals surface area contributed by atoms with Crippen LogP contribution in [0.5, 0.6) is 0 Å². The highest BCUT2D eigenvalue weighted by atomic mass is 35.5. The van der Waals surface area contributed by atoms with E-state index >= 15 is 0 Å². The molecule has 0 aliphatic heterocycles. The van der Waals surface area contributed by atoms with Crippen LogP contribution in [0.2, 0.25) is 20.1 Å². The van der Waals surface area contributed by atoms with Gasteiger partial charge in [-0.3, -0.25) is 4.55 Å². The molecule has 0 saturated heterocycles. The fourth-order valence-electron chi connectivity index (χ4n) is 0.915. The van der Waals surface area contributed by atoms with Crippen molar-refractivity contribution in [3.05, 3.63) is 31.7 Å². The lowest BCUT2D eigenvalue weighted by atomic mass is 10.2. The molecule has 0 aliphatic carbocycles. The zero-order valence-corrected chi connectivity index (χ0v) is 12.2. The number of hydrogen-bond acceptors (Lipinski definition) is 3. The van der Waals surface area contributed by atoms with E-state index < -0.39 is 16.0 Å². The zero-order valence-electron chi connectivity index (χ0n) is 7.62. The van der Waals surface area contributed by atoms with Gasteiger partial charge in [0, 0.05) is 5.56 Å². The Bertz CT molecular complexity index is 544. The predicted molar refractivity (Wildman–Crippen MR) is 67.7 cm³/mol. The van der Waals surface area contributed by atoms with Gasteiger partial charge in [-0.05, 0) is 6.07 Å². The van der Waals surface area contributed by atoms with Gasteiger partial charge in [0.1, 0.15) is 0 Å². The summed E-state index contributed by atoms with van der Waals surface area (Å²) >= 11 is 28.5. The second kappa shape index (κ2) is 5.67. The van der Waals surface area contributed by atoms with Crippen LogP contribution in [-0.4, -0.2) is 13.0 Å². The maximum absolute atomic E-state index is 10.5. The summed E-state index contributed by atoms with van der Waals surface area (Å²) in [4.78, 5) is 0. The Hall–Kier alpha value is 0.540. The second-order valence-electron chi connectivity index (χ2n) is 2.73. The van der Waals surface area contributed by atoms with Crippen molar-refractivity contribution in [1.29, 1.82) is 0 Å². The van der Waals surface area contributed by atoms with E-state index in [2.05, 4.69) is 4.18 Å². The first-order chi connectivity index (χ1) is 7.63. The van der Waals surface area contributed by atoms with Gasteiger partial charge >= 0.3 is 10.4 Å². The Labute approximate surface area is 122 Å². The van der Waals surface area contributed by atoms with Gasteiger partial charge < -0.3 is 0 Å². The van der Waals surface area contributed by atoms with E-state index in [0.717, 1.165) is 0 Å². The van der Waals surface area contributed by atoms with Gasteiger partial charge in [0.2, 0.25) is 0 Å². The molecule has 1 unspecified atom stereocenters. The summed E-state index contributed by atoms with van der Waals surface area (Å²) in [6.45, 7) is 0. The van der Waals surface area contributed by atoms with Gasteiger partial charge in [-0.1, -0.05) is 58.0 Å². The first-order valence-electron chi connectivity index (χ1n) is 3.76. The van der Waals surface area contributed by atoms with Crippen molar-refractivity contribution >= 4 is 68.4 Å². The summed E-state index contributed by atoms with van der Waals surface area (Å²) in [7, 11) is -4.73. The molecule has 0 aliphatic rings. The molecule has 0 radical (unpaired) electrons. The fraction of sp³-hybridized carbons (Fsp3) is 0.143. The highest BCUT2D eigenvalue weighted by molar-refractivity contribution is 7.80. The Morgan fingerprint density at radius 3 is 2.12 bits per heavy atom. The fourth-order valence-corrected chi connectivity index (χ4v) is 2.65. The summed E-state index contributed by atoms with van der Waals surface area (Å²) in [5.41, 5.74) is -1.62. The summed E-state index contributed by atoms with van der Waals surface area (Å²) in [5.74, 6) is 0. The quantitative estimate of drug-likeness (QED) is 0.377. The van der Waals surface area contributed by atoms with Crippen LogP contribution in [0.15, 0.2) is 6.07 Å². The predicted octanol–water partition coefficient (Wildman–Crippen LogP) is 4.36. The molecule has 1 atom stereocenters. The monoisotopic (exact) mass is 358 g/mol. The average Bonchev–Trinajstić information content (AvgIpc) is 2.17. The van der Waals surface area contributed by atoms with Crippen LogP contribution < -0.4 is 0 Å². The van der Waals surface area contributed by atoms with E-state index in [1.165, 1.54) is 6.07 Å². The lowest BCUT2D eigenvalue weighted by molar-refractivity contribution is 0.247. The Morgan fingerprint density at radius 1 is 1.12 bits per heavy atom. The van der Waals surface area contributed by atoms with E-state index in [1.54, 1.807) is 0 Å². The second-order valence-corrected chi connectivity index (χ2v) is 5.71. The summed E-state index contributed by atoms with van der Waals surface area (Å²) in [6.07, 6.45) is 0. The van der Waals surface area contributed by atoms with E-state index in [-0.39, 0.29) is 25.7 Å². The van der Waals surface area contributed by atoms with Crippen LogP contribution in [0, 0.1) is 0 Å². The van der Waals surface area contributed by atoms with E-state index in [0.29, 0.717) is 0 Å².